The van der Waals surface area contributed by atoms with Crippen molar-refractivity contribution < 1.29 is 20.8 Å². The van der Waals surface area contributed by atoms with E-state index in [2.05, 4.69) is 85.8 Å². The summed E-state index contributed by atoms with van der Waals surface area (Å²) in [6.45, 7) is 2.12. The van der Waals surface area contributed by atoms with Gasteiger partial charge in [-0.3, -0.25) is 0 Å². The fourth-order valence-electron chi connectivity index (χ4n) is 3.30. The first-order valence-electron chi connectivity index (χ1n) is 8.39. The molecular weight excluding hydrogens is 438 g/mol. The van der Waals surface area contributed by atoms with Crippen LogP contribution in [0.3, 0.4) is 0 Å². The number of halogens is 2. The first kappa shape index (κ1) is 19.5. The second-order valence-electron chi connectivity index (χ2n) is 6.13. The third kappa shape index (κ3) is 4.71. The molecule has 0 heterocycles. The number of hydrogen-bond donors (Lipinski definition) is 0. The zero-order valence-corrected chi connectivity index (χ0v) is 18.4. The van der Waals surface area contributed by atoms with Gasteiger partial charge in [-0.25, -0.2) is 0 Å². The molecule has 0 amide bonds. The molecule has 0 fully saturated rings. The Labute approximate surface area is 173 Å². The minimum absolute atomic E-state index is 0.826. The standard InChI is InChI=1S/C13H9.C10H9.2ClH.Zr/c1-3-7-12-10(5-1)9-11-6-2-4-8-13(11)12;1-8-6-9-4-2-3-5-10(9)7-8;;;/h1-5,7-8H,9H2;2-7H,1H3;2*1H;/q2*-1;;;+4/p-2. The summed E-state index contributed by atoms with van der Waals surface area (Å²) >= 11 is -0.826. The fourth-order valence-corrected chi connectivity index (χ4v) is 3.30. The second kappa shape index (κ2) is 9.61. The van der Waals surface area contributed by atoms with Gasteiger partial charge in [0.25, 0.3) is 0 Å². The molecule has 26 heavy (non-hydrogen) atoms. The van der Waals surface area contributed by atoms with E-state index >= 15 is 0 Å². The Hall–Kier alpha value is -1.27. The van der Waals surface area contributed by atoms with Gasteiger partial charge in [0.05, 0.1) is 0 Å². The summed E-state index contributed by atoms with van der Waals surface area (Å²) in [5.41, 5.74) is 6.86. The molecule has 1 aliphatic rings. The molecule has 1 aliphatic carbocycles. The molecule has 0 aliphatic heterocycles. The normalized spacial score (nSPS) is 10.6. The summed E-state index contributed by atoms with van der Waals surface area (Å²) in [4.78, 5) is 0. The number of rotatable bonds is 0. The maximum absolute atomic E-state index is 4.93. The molecule has 0 saturated heterocycles. The summed E-state index contributed by atoms with van der Waals surface area (Å²) in [7, 11) is 9.87. The summed E-state index contributed by atoms with van der Waals surface area (Å²) < 4.78 is 0. The molecule has 0 nitrogen and oxygen atoms in total. The summed E-state index contributed by atoms with van der Waals surface area (Å²) in [6.07, 6.45) is 1.05. The van der Waals surface area contributed by atoms with Crippen molar-refractivity contribution in [2.24, 2.45) is 0 Å². The predicted molar refractivity (Wildman–Crippen MR) is 110 cm³/mol. The van der Waals surface area contributed by atoms with Crippen LogP contribution in [0.2, 0.25) is 0 Å². The Morgan fingerprint density at radius 1 is 0.923 bits per heavy atom. The molecule has 4 aromatic carbocycles. The number of aryl methyl sites for hydroxylation is 1. The van der Waals surface area contributed by atoms with E-state index in [1.807, 2.05) is 6.07 Å². The van der Waals surface area contributed by atoms with Gasteiger partial charge in [-0.05, 0) is 6.42 Å². The van der Waals surface area contributed by atoms with Crippen LogP contribution in [-0.2, 0) is 27.3 Å². The van der Waals surface area contributed by atoms with Crippen molar-refractivity contribution in [2.45, 2.75) is 13.3 Å². The van der Waals surface area contributed by atoms with Crippen molar-refractivity contribution in [3.8, 4) is 11.1 Å². The summed E-state index contributed by atoms with van der Waals surface area (Å²) in [6, 6.07) is 30.9. The molecule has 3 heteroatoms. The van der Waals surface area contributed by atoms with Gasteiger partial charge < -0.3 is 0 Å². The number of hydrogen-bond acceptors (Lipinski definition) is 0. The molecule has 0 N–H and O–H groups in total. The molecule has 0 saturated carbocycles. The summed E-state index contributed by atoms with van der Waals surface area (Å²) in [5.74, 6) is 0. The first-order valence-corrected chi connectivity index (χ1v) is 14.7. The van der Waals surface area contributed by atoms with Gasteiger partial charge in [-0.1, -0.05) is 48.4 Å². The molecule has 0 radical (unpaired) electrons. The van der Waals surface area contributed by atoms with Gasteiger partial charge in [-0.2, -0.15) is 35.9 Å². The molecular formula is C23H18Cl2Zr. The number of benzene rings is 3. The average Bonchev–Trinajstić information content (AvgIpc) is 3.22. The van der Waals surface area contributed by atoms with Crippen molar-refractivity contribution in [1.82, 2.24) is 0 Å². The van der Waals surface area contributed by atoms with Crippen molar-refractivity contribution >= 4 is 27.8 Å². The van der Waals surface area contributed by atoms with E-state index < -0.39 is 20.8 Å². The molecule has 4 aromatic rings. The van der Waals surface area contributed by atoms with Gasteiger partial charge in [-0.15, -0.1) is 46.2 Å². The molecule has 0 atom stereocenters. The van der Waals surface area contributed by atoms with Crippen LogP contribution in [0.1, 0.15) is 16.7 Å². The Balaban J connectivity index is 0.000000135. The van der Waals surface area contributed by atoms with E-state index in [1.165, 1.54) is 38.6 Å². The first-order chi connectivity index (χ1) is 12.7. The smallest absolute Gasteiger partial charge is 0.0253 e. The Bertz CT molecular complexity index is 912. The molecule has 0 unspecified atom stereocenters. The van der Waals surface area contributed by atoms with Gasteiger partial charge in [0.15, 0.2) is 0 Å². The van der Waals surface area contributed by atoms with E-state index in [0.717, 1.165) is 6.42 Å². The third-order valence-electron chi connectivity index (χ3n) is 4.38. The third-order valence-corrected chi connectivity index (χ3v) is 4.38. The Kier molecular flexibility index (Phi) is 7.20. The molecule has 5 rings (SSSR count). The van der Waals surface area contributed by atoms with E-state index in [-0.39, 0.29) is 0 Å². The van der Waals surface area contributed by atoms with Crippen LogP contribution in [0.5, 0.6) is 0 Å². The molecule has 0 aromatic heterocycles. The van der Waals surface area contributed by atoms with E-state index in [9.17, 15) is 0 Å². The van der Waals surface area contributed by atoms with Gasteiger partial charge in [0.2, 0.25) is 0 Å². The van der Waals surface area contributed by atoms with Gasteiger partial charge >= 0.3 is 37.9 Å². The van der Waals surface area contributed by atoms with E-state index in [4.69, 9.17) is 17.0 Å². The predicted octanol–water partition coefficient (Wildman–Crippen LogP) is 7.30. The zero-order valence-electron chi connectivity index (χ0n) is 14.5. The van der Waals surface area contributed by atoms with Crippen molar-refractivity contribution in [1.29, 1.82) is 0 Å². The minimum Gasteiger partial charge on any atom is -0.179 e. The quantitative estimate of drug-likeness (QED) is 0.215. The topological polar surface area (TPSA) is 0 Å². The van der Waals surface area contributed by atoms with Crippen molar-refractivity contribution in [2.75, 3.05) is 0 Å². The SMILES string of the molecule is Cc1cc2ccccc2[cH-]1.[Cl][Zr+2][Cl].[c-]1cccc2c1Cc1ccccc1-2. The van der Waals surface area contributed by atoms with E-state index in [0.29, 0.717) is 0 Å². The zero-order chi connectivity index (χ0) is 18.4. The van der Waals surface area contributed by atoms with Gasteiger partial charge in [0, 0.05) is 0 Å². The van der Waals surface area contributed by atoms with Gasteiger partial charge in [0.1, 0.15) is 0 Å². The fraction of sp³-hybridized carbons (Fsp3) is 0.0870. The largest absolute Gasteiger partial charge is 0.179 e. The maximum Gasteiger partial charge on any atom is -0.0253 e. The second-order valence-corrected chi connectivity index (χ2v) is 9.86. The Morgan fingerprint density at radius 3 is 2.42 bits per heavy atom. The Morgan fingerprint density at radius 2 is 1.62 bits per heavy atom. The molecule has 0 spiro atoms. The van der Waals surface area contributed by atoms with Crippen LogP contribution in [-0.4, -0.2) is 0 Å². The van der Waals surface area contributed by atoms with Crippen LogP contribution in [0.25, 0.3) is 21.9 Å². The number of fused-ring (bicyclic) bond motifs is 4. The van der Waals surface area contributed by atoms with Crippen LogP contribution in [0.15, 0.2) is 78.9 Å². The van der Waals surface area contributed by atoms with Crippen LogP contribution < -0.4 is 0 Å². The monoisotopic (exact) mass is 454 g/mol. The van der Waals surface area contributed by atoms with Crippen LogP contribution >= 0.6 is 17.0 Å². The van der Waals surface area contributed by atoms with Crippen molar-refractivity contribution in [3.63, 3.8) is 0 Å². The molecule has 128 valence electrons. The summed E-state index contributed by atoms with van der Waals surface area (Å²) in [5, 5.41) is 2.69. The van der Waals surface area contributed by atoms with Crippen LogP contribution in [0, 0.1) is 13.0 Å². The van der Waals surface area contributed by atoms with E-state index in [1.54, 1.807) is 0 Å². The minimum atomic E-state index is -0.826. The van der Waals surface area contributed by atoms with Crippen LogP contribution in [0.4, 0.5) is 0 Å². The maximum atomic E-state index is 4.93. The van der Waals surface area contributed by atoms with Crippen molar-refractivity contribution in [3.05, 3.63) is 102 Å². The average molecular weight is 457 g/mol. The molecule has 0 bridgehead atoms.